The fourth-order valence-electron chi connectivity index (χ4n) is 4.91. The first kappa shape index (κ1) is 27.2. The second kappa shape index (κ2) is 12.6. The summed E-state index contributed by atoms with van der Waals surface area (Å²) in [4.78, 5) is 19.9. The van der Waals surface area contributed by atoms with Crippen LogP contribution in [0.3, 0.4) is 0 Å². The third-order valence-electron chi connectivity index (χ3n) is 6.87. The van der Waals surface area contributed by atoms with E-state index in [4.69, 9.17) is 9.15 Å². The number of benzene rings is 2. The second-order valence-corrected chi connectivity index (χ2v) is 9.16. The third kappa shape index (κ3) is 6.01. The Morgan fingerprint density at radius 3 is 2.68 bits per heavy atom. The lowest BCUT2D eigenvalue weighted by Gasteiger charge is -2.36. The highest BCUT2D eigenvalue weighted by Gasteiger charge is 2.20. The van der Waals surface area contributed by atoms with Gasteiger partial charge in [-0.25, -0.2) is 4.79 Å². The number of piperazine rings is 1. The van der Waals surface area contributed by atoms with E-state index in [0.717, 1.165) is 66.7 Å². The highest BCUT2D eigenvalue weighted by Crippen LogP contribution is 2.29. The summed E-state index contributed by atoms with van der Waals surface area (Å²) >= 11 is 0. The average molecular weight is 517 g/mol. The highest BCUT2D eigenvalue weighted by atomic mass is 16.5. The molecule has 0 radical (unpaired) electrons. The van der Waals surface area contributed by atoms with Crippen LogP contribution in [0, 0.1) is 11.3 Å². The first-order valence-electron chi connectivity index (χ1n) is 13.4. The van der Waals surface area contributed by atoms with Crippen molar-refractivity contribution in [1.29, 1.82) is 5.26 Å². The molecule has 0 bridgehead atoms. The Bertz CT molecular complexity index is 1410. The Balaban J connectivity index is 0.00000164. The number of anilines is 1. The quantitative estimate of drug-likeness (QED) is 0.293. The molecule has 2 aromatic carbocycles. The van der Waals surface area contributed by atoms with Crippen molar-refractivity contribution in [2.24, 2.45) is 0 Å². The topological polar surface area (TPSA) is 106 Å². The van der Waals surface area contributed by atoms with Crippen LogP contribution in [-0.4, -0.2) is 60.3 Å². The number of carbonyl (C=O) groups is 1. The van der Waals surface area contributed by atoms with Crippen LogP contribution in [0.5, 0.6) is 0 Å². The zero-order chi connectivity index (χ0) is 27.1. The van der Waals surface area contributed by atoms with Gasteiger partial charge in [-0.3, -0.25) is 4.90 Å². The van der Waals surface area contributed by atoms with Gasteiger partial charge in [0.05, 0.1) is 24.3 Å². The summed E-state index contributed by atoms with van der Waals surface area (Å²) in [5, 5.41) is 21.8. The molecule has 1 aliphatic rings. The number of nitrogens with one attached hydrogen (secondary N) is 1. The summed E-state index contributed by atoms with van der Waals surface area (Å²) in [7, 11) is 0. The van der Waals surface area contributed by atoms with Crippen LogP contribution in [0.15, 0.2) is 53.1 Å². The first-order chi connectivity index (χ1) is 18.6. The van der Waals surface area contributed by atoms with Crippen molar-refractivity contribution in [3.8, 4) is 6.07 Å². The number of furan rings is 1. The van der Waals surface area contributed by atoms with Crippen LogP contribution in [0.1, 0.15) is 61.4 Å². The standard InChI is InChI=1S/C28H30N4O4.C2H6/c1-2-35-28(34)27-16-20-15-21(6-8-26(20)36-27)32-12-10-31(11-13-32)9-3-4-25(33)23-18-30-24-7-5-19(17-29)14-22(23)24;1-2/h5-8,14-16,18,25,30,33H,2-4,9-13H2,1H3;1-2H3. The molecule has 38 heavy (non-hydrogen) atoms. The summed E-state index contributed by atoms with van der Waals surface area (Å²) < 4.78 is 10.7. The Kier molecular flexibility index (Phi) is 9.06. The Hall–Kier alpha value is -3.80. The fourth-order valence-corrected chi connectivity index (χ4v) is 4.91. The van der Waals surface area contributed by atoms with Gasteiger partial charge in [0.2, 0.25) is 5.76 Å². The van der Waals surface area contributed by atoms with Gasteiger partial charge in [0.15, 0.2) is 0 Å². The molecular weight excluding hydrogens is 480 g/mol. The smallest absolute Gasteiger partial charge is 0.374 e. The lowest BCUT2D eigenvalue weighted by Crippen LogP contribution is -2.46. The molecule has 2 N–H and O–H groups in total. The SMILES string of the molecule is CC.CCOC(=O)c1cc2cc(N3CCN(CCCC(O)c4c[nH]c5ccc(C#N)cc45)CC3)ccc2o1. The van der Waals surface area contributed by atoms with Crippen molar-refractivity contribution >= 4 is 33.5 Å². The number of aromatic amines is 1. The normalized spacial score (nSPS) is 14.7. The van der Waals surface area contributed by atoms with Gasteiger partial charge in [-0.05, 0) is 68.8 Å². The molecule has 200 valence electrons. The number of carbonyl (C=O) groups excluding carboxylic acids is 1. The molecule has 0 aliphatic carbocycles. The minimum Gasteiger partial charge on any atom is -0.460 e. The molecule has 0 spiro atoms. The zero-order valence-electron chi connectivity index (χ0n) is 22.4. The minimum absolute atomic E-state index is 0.231. The summed E-state index contributed by atoms with van der Waals surface area (Å²) in [6, 6.07) is 15.4. The Morgan fingerprint density at radius 1 is 1.16 bits per heavy atom. The number of aliphatic hydroxyl groups excluding tert-OH is 1. The predicted octanol–water partition coefficient (Wildman–Crippen LogP) is 5.62. The van der Waals surface area contributed by atoms with E-state index in [-0.39, 0.29) is 5.76 Å². The molecule has 2 aromatic heterocycles. The number of aliphatic hydroxyl groups is 1. The number of fused-ring (bicyclic) bond motifs is 2. The molecular formula is C30H36N4O4. The van der Waals surface area contributed by atoms with E-state index in [1.54, 1.807) is 19.1 Å². The number of aromatic nitrogens is 1. The van der Waals surface area contributed by atoms with E-state index in [1.165, 1.54) is 0 Å². The number of hydrogen-bond acceptors (Lipinski definition) is 7. The van der Waals surface area contributed by atoms with Gasteiger partial charge in [-0.15, -0.1) is 0 Å². The number of ether oxygens (including phenoxy) is 1. The van der Waals surface area contributed by atoms with Crippen molar-refractivity contribution in [2.45, 2.75) is 39.7 Å². The second-order valence-electron chi connectivity index (χ2n) is 9.16. The molecule has 8 nitrogen and oxygen atoms in total. The zero-order valence-corrected chi connectivity index (χ0v) is 22.4. The summed E-state index contributed by atoms with van der Waals surface area (Å²) in [6.07, 6.45) is 2.85. The maximum absolute atomic E-state index is 12.0. The number of nitrogens with zero attached hydrogens (tertiary/aromatic N) is 3. The van der Waals surface area contributed by atoms with E-state index in [9.17, 15) is 15.2 Å². The monoisotopic (exact) mass is 516 g/mol. The summed E-state index contributed by atoms with van der Waals surface area (Å²) in [6.45, 7) is 10.7. The number of rotatable bonds is 8. The van der Waals surface area contributed by atoms with Crippen LogP contribution < -0.4 is 4.90 Å². The van der Waals surface area contributed by atoms with Gasteiger partial charge in [0.1, 0.15) is 5.58 Å². The highest BCUT2D eigenvalue weighted by molar-refractivity contribution is 5.93. The molecule has 1 unspecified atom stereocenters. The molecule has 1 saturated heterocycles. The lowest BCUT2D eigenvalue weighted by atomic mass is 10.0. The Labute approximate surface area is 223 Å². The molecule has 1 atom stereocenters. The van der Waals surface area contributed by atoms with E-state index in [2.05, 4.69) is 26.9 Å². The number of esters is 1. The Morgan fingerprint density at radius 2 is 1.95 bits per heavy atom. The predicted molar refractivity (Wildman–Crippen MR) is 149 cm³/mol. The minimum atomic E-state index is -0.560. The summed E-state index contributed by atoms with van der Waals surface area (Å²) in [5.41, 5.74) is 4.18. The van der Waals surface area contributed by atoms with E-state index >= 15 is 0 Å². The van der Waals surface area contributed by atoms with Gasteiger partial charge in [0.25, 0.3) is 0 Å². The van der Waals surface area contributed by atoms with Gasteiger partial charge in [-0.1, -0.05) is 13.8 Å². The molecule has 5 rings (SSSR count). The number of nitriles is 1. The maximum atomic E-state index is 12.0. The van der Waals surface area contributed by atoms with Crippen molar-refractivity contribution in [3.05, 3.63) is 65.5 Å². The maximum Gasteiger partial charge on any atom is 0.374 e. The van der Waals surface area contributed by atoms with E-state index in [1.807, 2.05) is 44.3 Å². The van der Waals surface area contributed by atoms with E-state index in [0.29, 0.717) is 24.2 Å². The van der Waals surface area contributed by atoms with E-state index < -0.39 is 12.1 Å². The van der Waals surface area contributed by atoms with Gasteiger partial charge >= 0.3 is 5.97 Å². The fraction of sp³-hybridized carbons (Fsp3) is 0.400. The van der Waals surface area contributed by atoms with Crippen molar-refractivity contribution in [3.63, 3.8) is 0 Å². The van der Waals surface area contributed by atoms with Gasteiger partial charge in [-0.2, -0.15) is 5.26 Å². The third-order valence-corrected chi connectivity index (χ3v) is 6.87. The molecule has 3 heterocycles. The lowest BCUT2D eigenvalue weighted by molar-refractivity contribution is 0.0492. The largest absolute Gasteiger partial charge is 0.460 e. The van der Waals surface area contributed by atoms with Crippen molar-refractivity contribution < 1.29 is 19.1 Å². The van der Waals surface area contributed by atoms with Crippen LogP contribution in [0.25, 0.3) is 21.9 Å². The van der Waals surface area contributed by atoms with Crippen LogP contribution >= 0.6 is 0 Å². The van der Waals surface area contributed by atoms with Crippen LogP contribution in [0.4, 0.5) is 5.69 Å². The molecule has 4 aromatic rings. The van der Waals surface area contributed by atoms with Crippen molar-refractivity contribution in [2.75, 3.05) is 44.2 Å². The molecule has 1 fully saturated rings. The molecule has 1 aliphatic heterocycles. The molecule has 0 saturated carbocycles. The van der Waals surface area contributed by atoms with Crippen LogP contribution in [0.2, 0.25) is 0 Å². The number of hydrogen-bond donors (Lipinski definition) is 2. The van der Waals surface area contributed by atoms with Gasteiger partial charge in [0, 0.05) is 59.9 Å². The molecule has 8 heteroatoms. The van der Waals surface area contributed by atoms with Crippen LogP contribution in [-0.2, 0) is 4.74 Å². The average Bonchev–Trinajstić information content (AvgIpc) is 3.58. The first-order valence-corrected chi connectivity index (χ1v) is 13.4. The van der Waals surface area contributed by atoms with Gasteiger partial charge < -0.3 is 24.1 Å². The summed E-state index contributed by atoms with van der Waals surface area (Å²) in [5.74, 6) is -0.209. The number of H-pyrrole nitrogens is 1. The molecule has 0 amide bonds. The van der Waals surface area contributed by atoms with Crippen molar-refractivity contribution in [1.82, 2.24) is 9.88 Å².